The van der Waals surface area contributed by atoms with Crippen molar-refractivity contribution >= 4 is 11.7 Å². The van der Waals surface area contributed by atoms with Crippen molar-refractivity contribution in [2.24, 2.45) is 5.16 Å². The van der Waals surface area contributed by atoms with Crippen LogP contribution in [0.2, 0.25) is 0 Å². The van der Waals surface area contributed by atoms with Gasteiger partial charge in [-0.3, -0.25) is 4.79 Å². The van der Waals surface area contributed by atoms with Gasteiger partial charge >= 0.3 is 5.97 Å². The van der Waals surface area contributed by atoms with E-state index in [1.165, 1.54) is 19.2 Å². The van der Waals surface area contributed by atoms with Gasteiger partial charge in [-0.25, -0.2) is 0 Å². The molecule has 0 spiro atoms. The molecule has 0 atom stereocenters. The number of rotatable bonds is 6. The maximum absolute atomic E-state index is 11.6. The molecule has 24 heavy (non-hydrogen) atoms. The Bertz CT molecular complexity index is 762. The van der Waals surface area contributed by atoms with E-state index in [0.717, 1.165) is 0 Å². The summed E-state index contributed by atoms with van der Waals surface area (Å²) in [5.41, 5.74) is 1.30. The number of furan rings is 1. The molecular weight excluding hydrogens is 314 g/mol. The van der Waals surface area contributed by atoms with Crippen LogP contribution in [0.4, 0.5) is 0 Å². The number of carbonyl (C=O) groups is 1. The summed E-state index contributed by atoms with van der Waals surface area (Å²) < 4.78 is 10.3. The molecule has 0 aliphatic carbocycles. The number of hydrogen-bond donors (Lipinski definition) is 3. The highest BCUT2D eigenvalue weighted by atomic mass is 16.5. The number of aromatic hydroxyl groups is 2. The van der Waals surface area contributed by atoms with Crippen molar-refractivity contribution in [1.29, 1.82) is 0 Å². The van der Waals surface area contributed by atoms with Crippen LogP contribution in [0.25, 0.3) is 11.3 Å². The molecule has 0 unspecified atom stereocenters. The first-order valence-electron chi connectivity index (χ1n) is 7.33. The highest BCUT2D eigenvalue weighted by Crippen LogP contribution is 2.37. The first-order chi connectivity index (χ1) is 11.4. The van der Waals surface area contributed by atoms with E-state index >= 15 is 0 Å². The summed E-state index contributed by atoms with van der Waals surface area (Å²) in [4.78, 5) is 11.6. The SMILES string of the molecule is COC(=O)Cc1cc(O)cc(O)c1-c1ccc(CCC(C)=NO)o1. The van der Waals surface area contributed by atoms with Crippen LogP contribution in [-0.2, 0) is 22.4 Å². The molecule has 1 aromatic carbocycles. The number of esters is 1. The van der Waals surface area contributed by atoms with Crippen molar-refractivity contribution in [1.82, 2.24) is 0 Å². The molecule has 2 rings (SSSR count). The molecule has 0 aliphatic heterocycles. The largest absolute Gasteiger partial charge is 0.508 e. The van der Waals surface area contributed by atoms with E-state index < -0.39 is 5.97 Å². The molecular formula is C17H19NO6. The van der Waals surface area contributed by atoms with Gasteiger partial charge in [0, 0.05) is 12.5 Å². The Balaban J connectivity index is 2.34. The molecule has 7 nitrogen and oxygen atoms in total. The number of phenolic OH excluding ortho intramolecular Hbond substituents is 2. The lowest BCUT2D eigenvalue weighted by atomic mass is 10.0. The lowest BCUT2D eigenvalue weighted by Gasteiger charge is -2.10. The van der Waals surface area contributed by atoms with Gasteiger partial charge in [-0.1, -0.05) is 5.16 Å². The normalized spacial score (nSPS) is 11.5. The maximum Gasteiger partial charge on any atom is 0.310 e. The predicted octanol–water partition coefficient (Wildman–Crippen LogP) is 2.86. The fourth-order valence-electron chi connectivity index (χ4n) is 2.32. The van der Waals surface area contributed by atoms with Crippen LogP contribution in [0.1, 0.15) is 24.7 Å². The van der Waals surface area contributed by atoms with E-state index in [0.29, 0.717) is 41.2 Å². The molecule has 2 aromatic rings. The number of aryl methyl sites for hydroxylation is 1. The van der Waals surface area contributed by atoms with Gasteiger partial charge in [-0.05, 0) is 37.1 Å². The Morgan fingerprint density at radius 1 is 1.29 bits per heavy atom. The minimum Gasteiger partial charge on any atom is -0.508 e. The van der Waals surface area contributed by atoms with Crippen LogP contribution in [0, 0.1) is 0 Å². The lowest BCUT2D eigenvalue weighted by molar-refractivity contribution is -0.139. The molecule has 1 aromatic heterocycles. The highest BCUT2D eigenvalue weighted by molar-refractivity contribution is 5.81. The summed E-state index contributed by atoms with van der Waals surface area (Å²) in [7, 11) is 1.26. The molecule has 0 fully saturated rings. The number of benzene rings is 1. The summed E-state index contributed by atoms with van der Waals surface area (Å²) in [6.45, 7) is 1.70. The Labute approximate surface area is 138 Å². The lowest BCUT2D eigenvalue weighted by Crippen LogP contribution is -2.05. The summed E-state index contributed by atoms with van der Waals surface area (Å²) in [6.07, 6.45) is 0.946. The third-order valence-corrected chi connectivity index (χ3v) is 3.56. The number of oxime groups is 1. The zero-order valence-electron chi connectivity index (χ0n) is 13.4. The van der Waals surface area contributed by atoms with E-state index in [2.05, 4.69) is 9.89 Å². The van der Waals surface area contributed by atoms with Crippen LogP contribution in [0.15, 0.2) is 33.8 Å². The van der Waals surface area contributed by atoms with Crippen LogP contribution in [0.5, 0.6) is 11.5 Å². The minimum absolute atomic E-state index is 0.111. The second-order valence-corrected chi connectivity index (χ2v) is 5.35. The van der Waals surface area contributed by atoms with Gasteiger partial charge in [0.25, 0.3) is 0 Å². The molecule has 0 saturated carbocycles. The van der Waals surface area contributed by atoms with E-state index in [1.54, 1.807) is 19.1 Å². The van der Waals surface area contributed by atoms with Gasteiger partial charge in [0.2, 0.25) is 0 Å². The molecule has 7 heteroatoms. The number of carbonyl (C=O) groups excluding carboxylic acids is 1. The second-order valence-electron chi connectivity index (χ2n) is 5.35. The zero-order valence-corrected chi connectivity index (χ0v) is 13.4. The van der Waals surface area contributed by atoms with Gasteiger partial charge in [0.15, 0.2) is 0 Å². The topological polar surface area (TPSA) is 112 Å². The number of ether oxygens (including phenoxy) is 1. The average Bonchev–Trinajstić information content (AvgIpc) is 3.00. The molecule has 3 N–H and O–H groups in total. The minimum atomic E-state index is -0.497. The van der Waals surface area contributed by atoms with Crippen molar-refractivity contribution in [3.05, 3.63) is 35.6 Å². The first-order valence-corrected chi connectivity index (χ1v) is 7.33. The third kappa shape index (κ3) is 4.07. The fourth-order valence-corrected chi connectivity index (χ4v) is 2.32. The number of phenols is 2. The molecule has 1 heterocycles. The van der Waals surface area contributed by atoms with Crippen molar-refractivity contribution in [3.8, 4) is 22.8 Å². The fraction of sp³-hybridized carbons (Fsp3) is 0.294. The number of hydrogen-bond acceptors (Lipinski definition) is 7. The van der Waals surface area contributed by atoms with Gasteiger partial charge in [0.1, 0.15) is 23.0 Å². The molecule has 0 aliphatic rings. The molecule has 0 saturated heterocycles. The van der Waals surface area contributed by atoms with Crippen molar-refractivity contribution in [3.63, 3.8) is 0 Å². The van der Waals surface area contributed by atoms with Crippen molar-refractivity contribution < 1.29 is 29.4 Å². The predicted molar refractivity (Wildman–Crippen MR) is 86.4 cm³/mol. The summed E-state index contributed by atoms with van der Waals surface area (Å²) in [5, 5.41) is 31.6. The van der Waals surface area contributed by atoms with Gasteiger partial charge in [-0.15, -0.1) is 0 Å². The Hall–Kier alpha value is -2.96. The van der Waals surface area contributed by atoms with Gasteiger partial charge in [0.05, 0.1) is 24.8 Å². The Morgan fingerprint density at radius 3 is 2.71 bits per heavy atom. The van der Waals surface area contributed by atoms with E-state index in [9.17, 15) is 15.0 Å². The van der Waals surface area contributed by atoms with E-state index in [4.69, 9.17) is 9.62 Å². The highest BCUT2D eigenvalue weighted by Gasteiger charge is 2.18. The molecule has 0 amide bonds. The van der Waals surface area contributed by atoms with Crippen LogP contribution >= 0.6 is 0 Å². The average molecular weight is 333 g/mol. The monoisotopic (exact) mass is 333 g/mol. The maximum atomic E-state index is 11.6. The van der Waals surface area contributed by atoms with E-state index in [-0.39, 0.29) is 17.9 Å². The number of nitrogens with zero attached hydrogens (tertiary/aromatic N) is 1. The van der Waals surface area contributed by atoms with Crippen molar-refractivity contribution in [2.45, 2.75) is 26.2 Å². The zero-order chi connectivity index (χ0) is 17.7. The summed E-state index contributed by atoms with van der Waals surface area (Å²) >= 11 is 0. The molecule has 128 valence electrons. The van der Waals surface area contributed by atoms with Crippen molar-refractivity contribution in [2.75, 3.05) is 7.11 Å². The Morgan fingerprint density at radius 2 is 2.04 bits per heavy atom. The Kier molecular flexibility index (Phi) is 5.47. The smallest absolute Gasteiger partial charge is 0.310 e. The molecule has 0 radical (unpaired) electrons. The van der Waals surface area contributed by atoms with Crippen LogP contribution < -0.4 is 0 Å². The second kappa shape index (κ2) is 7.54. The first kappa shape index (κ1) is 17.4. The summed E-state index contributed by atoms with van der Waals surface area (Å²) in [6, 6.07) is 5.99. The quantitative estimate of drug-likeness (QED) is 0.324. The standard InChI is InChI=1S/C17H19NO6/c1-10(18-22)3-4-13-5-6-15(24-13)17-11(8-16(21)23-2)7-12(19)9-14(17)20/h5-7,9,19-20,22H,3-4,8H2,1-2H3. The van der Waals surface area contributed by atoms with Crippen LogP contribution in [0.3, 0.4) is 0 Å². The van der Waals surface area contributed by atoms with Gasteiger partial charge < -0.3 is 24.6 Å². The molecule has 0 bridgehead atoms. The van der Waals surface area contributed by atoms with E-state index in [1.807, 2.05) is 0 Å². The third-order valence-electron chi connectivity index (χ3n) is 3.56. The van der Waals surface area contributed by atoms with Gasteiger partial charge in [-0.2, -0.15) is 0 Å². The summed E-state index contributed by atoms with van der Waals surface area (Å²) in [5.74, 6) is 0.173. The number of methoxy groups -OCH3 is 1. The van der Waals surface area contributed by atoms with Crippen LogP contribution in [-0.4, -0.2) is 34.2 Å².